The molecule has 0 aliphatic carbocycles. The van der Waals surface area contributed by atoms with Gasteiger partial charge in [-0.1, -0.05) is 0 Å². The van der Waals surface area contributed by atoms with Crippen LogP contribution in [-0.2, 0) is 11.8 Å². The minimum atomic E-state index is -0.382. The first kappa shape index (κ1) is 12.9. The van der Waals surface area contributed by atoms with Crippen LogP contribution < -0.4 is 15.5 Å². The molecular weight excluding hydrogens is 250 g/mol. The second-order valence-electron chi connectivity index (χ2n) is 3.96. The van der Waals surface area contributed by atoms with E-state index in [1.54, 1.807) is 24.9 Å². The maximum Gasteiger partial charge on any atom is 0.262 e. The van der Waals surface area contributed by atoms with Crippen molar-refractivity contribution >= 4 is 11.6 Å². The molecule has 0 aromatic carbocycles. The summed E-state index contributed by atoms with van der Waals surface area (Å²) in [5.41, 5.74) is 0.241. The molecule has 0 saturated heterocycles. The minimum Gasteiger partial charge on any atom is -0.477 e. The number of nitrogens with one attached hydrogen (secondary N) is 1. The monoisotopic (exact) mass is 263 g/mol. The van der Waals surface area contributed by atoms with E-state index < -0.39 is 0 Å². The van der Waals surface area contributed by atoms with Gasteiger partial charge in [0.05, 0.1) is 11.9 Å². The molecule has 0 radical (unpaired) electrons. The number of amides is 1. The number of carbonyl (C=O) groups is 1. The van der Waals surface area contributed by atoms with Gasteiger partial charge in [0.2, 0.25) is 11.2 Å². The summed E-state index contributed by atoms with van der Waals surface area (Å²) in [5, 5.41) is 6.49. The number of anilines is 1. The molecule has 1 amide bonds. The average Bonchev–Trinajstić information content (AvgIpc) is 2.73. The van der Waals surface area contributed by atoms with Gasteiger partial charge in [0.1, 0.15) is 12.0 Å². The van der Waals surface area contributed by atoms with Crippen LogP contribution in [0.3, 0.4) is 0 Å². The highest BCUT2D eigenvalue weighted by Gasteiger charge is 2.07. The lowest BCUT2D eigenvalue weighted by Gasteiger charge is -2.05. The first-order chi connectivity index (χ1) is 9.04. The minimum absolute atomic E-state index is 0.00642. The van der Waals surface area contributed by atoms with Crippen LogP contribution in [0.4, 0.5) is 5.69 Å². The second kappa shape index (κ2) is 5.38. The topological polar surface area (TPSA) is 86.4 Å². The molecule has 0 unspecified atom stereocenters. The van der Waals surface area contributed by atoms with Crippen LogP contribution >= 0.6 is 0 Å². The Morgan fingerprint density at radius 3 is 3.00 bits per heavy atom. The molecule has 0 bridgehead atoms. The molecule has 0 spiro atoms. The molecule has 0 saturated carbocycles. The third kappa shape index (κ3) is 3.44. The van der Waals surface area contributed by atoms with E-state index in [4.69, 9.17) is 9.15 Å². The summed E-state index contributed by atoms with van der Waals surface area (Å²) >= 11 is 0. The highest BCUT2D eigenvalue weighted by Crippen LogP contribution is 2.06. The summed E-state index contributed by atoms with van der Waals surface area (Å²) in [4.78, 5) is 23.1. The van der Waals surface area contributed by atoms with Gasteiger partial charge in [-0.25, -0.2) is 0 Å². The molecule has 2 aromatic rings. The zero-order valence-corrected chi connectivity index (χ0v) is 10.5. The number of aromatic nitrogens is 2. The number of aryl methyl sites for hydroxylation is 2. The Labute approximate surface area is 108 Å². The van der Waals surface area contributed by atoms with Crippen molar-refractivity contribution in [3.63, 3.8) is 0 Å². The van der Waals surface area contributed by atoms with E-state index >= 15 is 0 Å². The molecule has 0 aliphatic heterocycles. The molecule has 7 nitrogen and oxygen atoms in total. The standard InChI is InChI=1S/C12H13N3O4/c1-8-3-10(16)11(6-18-8)19-7-12(17)14-9-4-13-15(2)5-9/h3-6H,7H2,1-2H3,(H,14,17). The molecular formula is C12H13N3O4. The quantitative estimate of drug-likeness (QED) is 0.877. The predicted octanol–water partition coefficient (Wildman–Crippen LogP) is 0.699. The molecule has 0 fully saturated rings. The lowest BCUT2D eigenvalue weighted by Crippen LogP contribution is -2.21. The highest BCUT2D eigenvalue weighted by molar-refractivity contribution is 5.91. The van der Waals surface area contributed by atoms with E-state index in [2.05, 4.69) is 10.4 Å². The van der Waals surface area contributed by atoms with Gasteiger partial charge in [-0.3, -0.25) is 14.3 Å². The molecule has 2 rings (SSSR count). The molecule has 0 aliphatic rings. The number of hydrogen-bond acceptors (Lipinski definition) is 5. The maximum atomic E-state index is 11.6. The van der Waals surface area contributed by atoms with Gasteiger partial charge in [-0.15, -0.1) is 0 Å². The molecule has 1 N–H and O–H groups in total. The van der Waals surface area contributed by atoms with Gasteiger partial charge in [-0.05, 0) is 6.92 Å². The van der Waals surface area contributed by atoms with Crippen molar-refractivity contribution in [3.8, 4) is 5.75 Å². The Morgan fingerprint density at radius 1 is 1.58 bits per heavy atom. The van der Waals surface area contributed by atoms with Gasteiger partial charge < -0.3 is 14.5 Å². The van der Waals surface area contributed by atoms with Crippen LogP contribution in [0.2, 0.25) is 0 Å². The van der Waals surface area contributed by atoms with E-state index in [-0.39, 0.29) is 23.7 Å². The van der Waals surface area contributed by atoms with Crippen LogP contribution in [0.5, 0.6) is 5.75 Å². The fourth-order valence-corrected chi connectivity index (χ4v) is 1.43. The average molecular weight is 263 g/mol. The number of rotatable bonds is 4. The van der Waals surface area contributed by atoms with Crippen LogP contribution in [0.25, 0.3) is 0 Å². The molecule has 2 heterocycles. The van der Waals surface area contributed by atoms with E-state index in [9.17, 15) is 9.59 Å². The van der Waals surface area contributed by atoms with Crippen LogP contribution in [0.1, 0.15) is 5.76 Å². The fraction of sp³-hybridized carbons (Fsp3) is 0.250. The first-order valence-corrected chi connectivity index (χ1v) is 5.55. The van der Waals surface area contributed by atoms with Crippen molar-refractivity contribution in [2.24, 2.45) is 7.05 Å². The zero-order chi connectivity index (χ0) is 13.8. The van der Waals surface area contributed by atoms with E-state index in [1.165, 1.54) is 18.5 Å². The van der Waals surface area contributed by atoms with E-state index in [0.29, 0.717) is 11.4 Å². The highest BCUT2D eigenvalue weighted by atomic mass is 16.5. The zero-order valence-electron chi connectivity index (χ0n) is 10.5. The number of hydrogen-bond donors (Lipinski definition) is 1. The number of ether oxygens (including phenoxy) is 1. The SMILES string of the molecule is Cc1cc(=O)c(OCC(=O)Nc2cnn(C)c2)co1. The smallest absolute Gasteiger partial charge is 0.262 e. The van der Waals surface area contributed by atoms with Crippen molar-refractivity contribution in [2.75, 3.05) is 11.9 Å². The number of nitrogens with zero attached hydrogens (tertiary/aromatic N) is 2. The number of carbonyl (C=O) groups excluding carboxylic acids is 1. The third-order valence-electron chi connectivity index (χ3n) is 2.28. The van der Waals surface area contributed by atoms with Gasteiger partial charge in [0.25, 0.3) is 5.91 Å². The van der Waals surface area contributed by atoms with E-state index in [1.807, 2.05) is 0 Å². The summed E-state index contributed by atoms with van der Waals surface area (Å²) in [6.07, 6.45) is 4.35. The molecule has 7 heteroatoms. The van der Waals surface area contributed by atoms with Crippen molar-refractivity contribution < 1.29 is 13.9 Å². The first-order valence-electron chi connectivity index (χ1n) is 5.55. The fourth-order valence-electron chi connectivity index (χ4n) is 1.43. The summed E-state index contributed by atoms with van der Waals surface area (Å²) in [7, 11) is 1.74. The summed E-state index contributed by atoms with van der Waals surface area (Å²) in [6, 6.07) is 1.30. The molecule has 100 valence electrons. The van der Waals surface area contributed by atoms with Crippen molar-refractivity contribution in [1.82, 2.24) is 9.78 Å². The van der Waals surface area contributed by atoms with Gasteiger partial charge in [-0.2, -0.15) is 5.10 Å². The summed E-state index contributed by atoms with van der Waals surface area (Å²) in [5.74, 6) is 0.108. The van der Waals surface area contributed by atoms with Crippen LogP contribution in [0, 0.1) is 6.92 Å². The van der Waals surface area contributed by atoms with Crippen LogP contribution in [0.15, 0.2) is 33.9 Å². The van der Waals surface area contributed by atoms with E-state index in [0.717, 1.165) is 0 Å². The van der Waals surface area contributed by atoms with Crippen LogP contribution in [-0.4, -0.2) is 22.3 Å². The third-order valence-corrected chi connectivity index (χ3v) is 2.28. The van der Waals surface area contributed by atoms with Gasteiger partial charge >= 0.3 is 0 Å². The van der Waals surface area contributed by atoms with Crippen molar-refractivity contribution in [3.05, 3.63) is 40.7 Å². The Hall–Kier alpha value is -2.57. The predicted molar refractivity (Wildman–Crippen MR) is 67.0 cm³/mol. The lowest BCUT2D eigenvalue weighted by atomic mass is 10.4. The Balaban J connectivity index is 1.91. The molecule has 0 atom stereocenters. The van der Waals surface area contributed by atoms with Gasteiger partial charge in [0.15, 0.2) is 6.61 Å². The maximum absolute atomic E-state index is 11.6. The largest absolute Gasteiger partial charge is 0.477 e. The second-order valence-corrected chi connectivity index (χ2v) is 3.96. The van der Waals surface area contributed by atoms with Crippen molar-refractivity contribution in [2.45, 2.75) is 6.92 Å². The summed E-state index contributed by atoms with van der Waals surface area (Å²) < 4.78 is 11.7. The summed E-state index contributed by atoms with van der Waals surface area (Å²) in [6.45, 7) is 1.38. The normalized spacial score (nSPS) is 10.2. The molecule has 2 aromatic heterocycles. The molecule has 19 heavy (non-hydrogen) atoms. The Morgan fingerprint density at radius 2 is 2.37 bits per heavy atom. The lowest BCUT2D eigenvalue weighted by molar-refractivity contribution is -0.118. The Bertz CT molecular complexity index is 644. The Kier molecular flexibility index (Phi) is 3.65. The van der Waals surface area contributed by atoms with Crippen molar-refractivity contribution in [1.29, 1.82) is 0 Å². The van der Waals surface area contributed by atoms with Gasteiger partial charge in [0, 0.05) is 19.3 Å².